The summed E-state index contributed by atoms with van der Waals surface area (Å²) in [5.74, 6) is -0.530. The second kappa shape index (κ2) is 14.1. The lowest BCUT2D eigenvalue weighted by molar-refractivity contribution is -0.140. The van der Waals surface area contributed by atoms with E-state index in [2.05, 4.69) is 25.6 Å². The van der Waals surface area contributed by atoms with E-state index in [9.17, 15) is 22.8 Å². The average molecular weight is 629 g/mol. The van der Waals surface area contributed by atoms with Gasteiger partial charge in [0.05, 0.1) is 11.7 Å². The van der Waals surface area contributed by atoms with Gasteiger partial charge in [-0.05, 0) is 91.2 Å². The number of aromatic amines is 1. The highest BCUT2D eigenvalue weighted by Crippen LogP contribution is 2.36. The number of alkyl halides is 3. The van der Waals surface area contributed by atoms with Crippen molar-refractivity contribution in [3.05, 3.63) is 78.1 Å². The third kappa shape index (κ3) is 7.29. The average Bonchev–Trinajstić information content (AvgIpc) is 3.57. The molecule has 14 heteroatoms. The number of carbonyl (C=O) groups is 2. The van der Waals surface area contributed by atoms with Gasteiger partial charge in [0.25, 0.3) is 5.91 Å². The number of H-pyrrole nitrogens is 1. The number of hydrogen-bond donors (Lipinski definition) is 3. The molecule has 10 nitrogen and oxygen atoms in total. The quantitative estimate of drug-likeness (QED) is 0.256. The number of nitrogens with one attached hydrogen (secondary N) is 1. The van der Waals surface area contributed by atoms with Crippen LogP contribution in [0.3, 0.4) is 0 Å². The molecule has 1 aliphatic rings. The molecular formula is C30H32ClF3N8O2. The summed E-state index contributed by atoms with van der Waals surface area (Å²) in [6, 6.07) is 14.7. The zero-order chi connectivity index (χ0) is 30.6. The fourth-order valence-electron chi connectivity index (χ4n) is 5.43. The van der Waals surface area contributed by atoms with Gasteiger partial charge in [-0.15, -0.1) is 22.6 Å². The SMILES string of the molecule is Cl.NCC1CCC(C(=O)N(C(=O)[C@@H](N)Cc2ccc(-c3cccnc3C(F)(F)F)cc2)c2ccc(-c3nn[nH]n3)cc2)CC1. The summed E-state index contributed by atoms with van der Waals surface area (Å²) in [4.78, 5) is 32.3. The van der Waals surface area contributed by atoms with Crippen molar-refractivity contribution in [1.82, 2.24) is 25.6 Å². The minimum Gasteiger partial charge on any atom is -0.330 e. The van der Waals surface area contributed by atoms with Crippen LogP contribution in [0.2, 0.25) is 0 Å². The van der Waals surface area contributed by atoms with Crippen LogP contribution in [-0.2, 0) is 22.2 Å². The summed E-state index contributed by atoms with van der Waals surface area (Å²) in [5, 5.41) is 13.8. The summed E-state index contributed by atoms with van der Waals surface area (Å²) >= 11 is 0. The lowest BCUT2D eigenvalue weighted by Crippen LogP contribution is -2.50. The number of aromatic nitrogens is 5. The van der Waals surface area contributed by atoms with Crippen LogP contribution >= 0.6 is 12.4 Å². The first-order valence-corrected chi connectivity index (χ1v) is 13.9. The van der Waals surface area contributed by atoms with Crippen molar-refractivity contribution in [2.75, 3.05) is 11.4 Å². The van der Waals surface area contributed by atoms with Gasteiger partial charge in [-0.25, -0.2) is 4.90 Å². The van der Waals surface area contributed by atoms with Crippen molar-refractivity contribution in [2.24, 2.45) is 23.3 Å². The van der Waals surface area contributed by atoms with Crippen molar-refractivity contribution in [3.8, 4) is 22.5 Å². The predicted molar refractivity (Wildman–Crippen MR) is 160 cm³/mol. The molecule has 232 valence electrons. The van der Waals surface area contributed by atoms with Crippen LogP contribution < -0.4 is 16.4 Å². The molecule has 1 saturated carbocycles. The molecule has 0 bridgehead atoms. The fourth-order valence-corrected chi connectivity index (χ4v) is 5.43. The first kappa shape index (κ1) is 32.7. The number of amides is 2. The van der Waals surface area contributed by atoms with Crippen LogP contribution in [0.1, 0.15) is 36.9 Å². The Balaban J connectivity index is 0.00000442. The molecule has 2 amide bonds. The molecule has 5 N–H and O–H groups in total. The number of pyridine rings is 1. The molecule has 1 atom stereocenters. The molecule has 2 aromatic heterocycles. The van der Waals surface area contributed by atoms with Gasteiger partial charge in [-0.2, -0.15) is 18.4 Å². The summed E-state index contributed by atoms with van der Waals surface area (Å²) < 4.78 is 40.4. The predicted octanol–water partition coefficient (Wildman–Crippen LogP) is 4.56. The Bertz CT molecular complexity index is 1540. The fraction of sp³-hybridized carbons (Fsp3) is 0.333. The Kier molecular flexibility index (Phi) is 10.4. The van der Waals surface area contributed by atoms with Gasteiger partial charge in [-0.1, -0.05) is 30.3 Å². The van der Waals surface area contributed by atoms with Gasteiger partial charge in [0.1, 0.15) is 0 Å². The van der Waals surface area contributed by atoms with Crippen molar-refractivity contribution in [2.45, 2.75) is 44.3 Å². The van der Waals surface area contributed by atoms with E-state index < -0.39 is 23.8 Å². The van der Waals surface area contributed by atoms with Crippen molar-refractivity contribution >= 4 is 29.9 Å². The molecule has 4 aromatic rings. The maximum absolute atomic E-state index is 13.8. The number of carbonyl (C=O) groups excluding carboxylic acids is 2. The van der Waals surface area contributed by atoms with E-state index >= 15 is 0 Å². The van der Waals surface area contributed by atoms with E-state index in [0.717, 1.165) is 23.9 Å². The Labute approximate surface area is 257 Å². The van der Waals surface area contributed by atoms with Gasteiger partial charge in [0, 0.05) is 23.2 Å². The number of imide groups is 1. The second-order valence-electron chi connectivity index (χ2n) is 10.7. The van der Waals surface area contributed by atoms with Crippen LogP contribution in [0.25, 0.3) is 22.5 Å². The topological polar surface area (TPSA) is 157 Å². The van der Waals surface area contributed by atoms with Crippen LogP contribution in [0.4, 0.5) is 18.9 Å². The number of nitrogens with two attached hydrogens (primary N) is 2. The molecule has 1 fully saturated rings. The number of benzene rings is 2. The largest absolute Gasteiger partial charge is 0.433 e. The molecule has 1 aliphatic carbocycles. The minimum atomic E-state index is -4.60. The molecule has 0 saturated heterocycles. The van der Waals surface area contributed by atoms with E-state index in [0.29, 0.717) is 53.5 Å². The zero-order valence-corrected chi connectivity index (χ0v) is 24.4. The second-order valence-corrected chi connectivity index (χ2v) is 10.7. The maximum Gasteiger partial charge on any atom is 0.433 e. The van der Waals surface area contributed by atoms with Crippen LogP contribution in [0.15, 0.2) is 66.9 Å². The summed E-state index contributed by atoms with van der Waals surface area (Å²) in [5.41, 5.74) is 13.2. The summed E-state index contributed by atoms with van der Waals surface area (Å²) in [6.45, 7) is 0.559. The molecule has 44 heavy (non-hydrogen) atoms. The Morgan fingerprint density at radius 2 is 1.64 bits per heavy atom. The van der Waals surface area contributed by atoms with E-state index in [1.807, 2.05) is 0 Å². The van der Waals surface area contributed by atoms with E-state index in [-0.39, 0.29) is 36.2 Å². The highest BCUT2D eigenvalue weighted by Gasteiger charge is 2.36. The van der Waals surface area contributed by atoms with Crippen LogP contribution in [0.5, 0.6) is 0 Å². The number of halogens is 4. The summed E-state index contributed by atoms with van der Waals surface area (Å²) in [7, 11) is 0. The standard InChI is InChI=1S/C30H31F3N8O2.ClH/c31-30(32,33)26-24(2-1-15-36-26)20-7-3-18(4-8-20)16-25(35)29(43)41(28(42)22-9-5-19(17-34)6-10-22)23-13-11-21(12-14-23)27-37-39-40-38-27;/h1-4,7-8,11-15,19,22,25H,5-6,9-10,16-17,34-35H2,(H,37,38,39,40);1H/t19?,22?,25-;/m0./s1. The Morgan fingerprint density at radius 1 is 0.977 bits per heavy atom. The molecule has 0 spiro atoms. The molecule has 2 aromatic carbocycles. The van der Waals surface area contributed by atoms with Crippen LogP contribution in [-0.4, -0.2) is 50.0 Å². The smallest absolute Gasteiger partial charge is 0.330 e. The maximum atomic E-state index is 13.8. The Morgan fingerprint density at radius 3 is 2.23 bits per heavy atom. The monoisotopic (exact) mass is 628 g/mol. The zero-order valence-electron chi connectivity index (χ0n) is 23.6. The first-order chi connectivity index (χ1) is 20.7. The van der Waals surface area contributed by atoms with Gasteiger partial charge in [-0.3, -0.25) is 14.6 Å². The van der Waals surface area contributed by atoms with Gasteiger partial charge in [0.2, 0.25) is 11.7 Å². The lowest BCUT2D eigenvalue weighted by atomic mass is 9.81. The molecule has 0 unspecified atom stereocenters. The van der Waals surface area contributed by atoms with E-state index in [4.69, 9.17) is 11.5 Å². The lowest BCUT2D eigenvalue weighted by Gasteiger charge is -2.32. The molecule has 0 aliphatic heterocycles. The highest BCUT2D eigenvalue weighted by molar-refractivity contribution is 6.17. The van der Waals surface area contributed by atoms with Gasteiger partial charge < -0.3 is 11.5 Å². The number of tetrazole rings is 1. The van der Waals surface area contributed by atoms with Gasteiger partial charge >= 0.3 is 6.18 Å². The first-order valence-electron chi connectivity index (χ1n) is 13.9. The number of anilines is 1. The van der Waals surface area contributed by atoms with Crippen LogP contribution in [0, 0.1) is 11.8 Å². The highest BCUT2D eigenvalue weighted by atomic mass is 35.5. The molecule has 0 radical (unpaired) electrons. The minimum absolute atomic E-state index is 0. The van der Waals surface area contributed by atoms with Crippen molar-refractivity contribution < 1.29 is 22.8 Å². The molecular weight excluding hydrogens is 597 g/mol. The molecule has 5 rings (SSSR count). The van der Waals surface area contributed by atoms with Gasteiger partial charge in [0.15, 0.2) is 5.69 Å². The number of nitrogens with zero attached hydrogens (tertiary/aromatic N) is 5. The number of hydrogen-bond acceptors (Lipinski definition) is 8. The van der Waals surface area contributed by atoms with E-state index in [1.54, 1.807) is 36.4 Å². The normalized spacial score (nSPS) is 17.4. The third-order valence-electron chi connectivity index (χ3n) is 7.81. The van der Waals surface area contributed by atoms with Crippen molar-refractivity contribution in [3.63, 3.8) is 0 Å². The van der Waals surface area contributed by atoms with Crippen molar-refractivity contribution in [1.29, 1.82) is 0 Å². The molecule has 2 heterocycles. The van der Waals surface area contributed by atoms with E-state index in [1.165, 1.54) is 24.3 Å². The Hall–Kier alpha value is -4.20. The third-order valence-corrected chi connectivity index (χ3v) is 7.81. The number of rotatable bonds is 8. The summed E-state index contributed by atoms with van der Waals surface area (Å²) in [6.07, 6.45) is -0.585.